The van der Waals surface area contributed by atoms with Gasteiger partial charge >= 0.3 is 5.97 Å². The van der Waals surface area contributed by atoms with Crippen molar-refractivity contribution in [3.8, 4) is 0 Å². The molecule has 0 radical (unpaired) electrons. The first kappa shape index (κ1) is 19.9. The van der Waals surface area contributed by atoms with Crippen molar-refractivity contribution in [1.82, 2.24) is 4.90 Å². The number of anilines is 1. The topological polar surface area (TPSA) is 75.7 Å². The van der Waals surface area contributed by atoms with E-state index in [0.29, 0.717) is 30.8 Å². The zero-order valence-corrected chi connectivity index (χ0v) is 15.6. The van der Waals surface area contributed by atoms with Gasteiger partial charge in [-0.3, -0.25) is 14.4 Å². The first-order valence-corrected chi connectivity index (χ1v) is 9.56. The number of carbonyl (C=O) groups excluding carboxylic acids is 3. The Morgan fingerprint density at radius 1 is 1.14 bits per heavy atom. The van der Waals surface area contributed by atoms with Gasteiger partial charge in [-0.2, -0.15) is 0 Å². The summed E-state index contributed by atoms with van der Waals surface area (Å²) in [7, 11) is 0. The third-order valence-corrected chi connectivity index (χ3v) is 5.25. The number of likely N-dealkylation sites (tertiary alicyclic amines) is 1. The second-order valence-electron chi connectivity index (χ2n) is 6.33. The highest BCUT2D eigenvalue weighted by Crippen LogP contribution is 2.22. The summed E-state index contributed by atoms with van der Waals surface area (Å²) in [5, 5.41) is 4.17. The standard InChI is InChI=1S/C19H18F2N2O4S/c20-14-4-3-13(10-15(14)21)22-17(24)11-27-19(26)12-5-7-23(8-6-12)18(25)16-2-1-9-28-16/h1-4,9-10,12H,5-8,11H2,(H,22,24). The smallest absolute Gasteiger partial charge is 0.309 e. The molecule has 1 aromatic carbocycles. The van der Waals surface area contributed by atoms with Crippen molar-refractivity contribution in [1.29, 1.82) is 0 Å². The molecule has 6 nitrogen and oxygen atoms in total. The molecule has 1 aromatic heterocycles. The molecule has 1 aliphatic rings. The molecule has 0 unspecified atom stereocenters. The largest absolute Gasteiger partial charge is 0.455 e. The van der Waals surface area contributed by atoms with Crippen molar-refractivity contribution >= 4 is 34.8 Å². The molecule has 148 valence electrons. The molecule has 1 saturated heterocycles. The van der Waals surface area contributed by atoms with Crippen molar-refractivity contribution in [3.63, 3.8) is 0 Å². The number of amides is 2. The fourth-order valence-electron chi connectivity index (χ4n) is 2.90. The molecular weight excluding hydrogens is 390 g/mol. The molecule has 0 atom stereocenters. The Morgan fingerprint density at radius 3 is 2.54 bits per heavy atom. The van der Waals surface area contributed by atoms with Crippen LogP contribution in [0.15, 0.2) is 35.7 Å². The van der Waals surface area contributed by atoms with Crippen LogP contribution >= 0.6 is 11.3 Å². The first-order valence-electron chi connectivity index (χ1n) is 8.68. The normalized spacial score (nSPS) is 14.6. The molecule has 2 heterocycles. The lowest BCUT2D eigenvalue weighted by molar-refractivity contribution is -0.152. The highest BCUT2D eigenvalue weighted by atomic mass is 32.1. The average Bonchev–Trinajstić information content (AvgIpc) is 3.23. The van der Waals surface area contributed by atoms with Crippen molar-refractivity contribution in [2.24, 2.45) is 5.92 Å². The van der Waals surface area contributed by atoms with Crippen LogP contribution in [0.3, 0.4) is 0 Å². The van der Waals surface area contributed by atoms with Crippen molar-refractivity contribution in [3.05, 3.63) is 52.2 Å². The van der Waals surface area contributed by atoms with E-state index in [2.05, 4.69) is 5.32 Å². The number of thiophene rings is 1. The van der Waals surface area contributed by atoms with E-state index in [1.54, 1.807) is 11.0 Å². The second kappa shape index (κ2) is 8.92. The second-order valence-corrected chi connectivity index (χ2v) is 7.28. The Balaban J connectivity index is 1.42. The molecule has 0 aliphatic carbocycles. The minimum absolute atomic E-state index is 0.0484. The molecule has 9 heteroatoms. The number of piperidine rings is 1. The molecule has 0 saturated carbocycles. The van der Waals surface area contributed by atoms with Gasteiger partial charge in [0.1, 0.15) is 0 Å². The highest BCUT2D eigenvalue weighted by molar-refractivity contribution is 7.12. The van der Waals surface area contributed by atoms with E-state index in [0.717, 1.165) is 12.1 Å². The van der Waals surface area contributed by atoms with Gasteiger partial charge in [0, 0.05) is 24.8 Å². The summed E-state index contributed by atoms with van der Waals surface area (Å²) < 4.78 is 31.0. The third kappa shape index (κ3) is 4.92. The predicted octanol–water partition coefficient (Wildman–Crippen LogP) is 3.06. The number of nitrogens with one attached hydrogen (secondary N) is 1. The van der Waals surface area contributed by atoms with Gasteiger partial charge in [0.15, 0.2) is 18.2 Å². The molecule has 2 aromatic rings. The lowest BCUT2D eigenvalue weighted by atomic mass is 9.97. The van der Waals surface area contributed by atoms with Crippen LogP contribution in [0, 0.1) is 17.6 Å². The number of carbonyl (C=O) groups is 3. The summed E-state index contributed by atoms with van der Waals surface area (Å²) in [5.74, 6) is -3.70. The van der Waals surface area contributed by atoms with E-state index < -0.39 is 30.1 Å². The van der Waals surface area contributed by atoms with Gasteiger partial charge in [-0.05, 0) is 36.4 Å². The minimum Gasteiger partial charge on any atom is -0.455 e. The van der Waals surface area contributed by atoms with Gasteiger partial charge < -0.3 is 15.0 Å². The predicted molar refractivity (Wildman–Crippen MR) is 98.9 cm³/mol. The number of ether oxygens (including phenoxy) is 1. The molecule has 1 fully saturated rings. The molecule has 28 heavy (non-hydrogen) atoms. The fourth-order valence-corrected chi connectivity index (χ4v) is 3.59. The highest BCUT2D eigenvalue weighted by Gasteiger charge is 2.29. The fraction of sp³-hybridized carbons (Fsp3) is 0.316. The number of nitrogens with zero attached hydrogens (tertiary/aromatic N) is 1. The van der Waals surface area contributed by atoms with Crippen LogP contribution in [-0.4, -0.2) is 42.4 Å². The average molecular weight is 408 g/mol. The molecular formula is C19H18F2N2O4S. The molecule has 0 spiro atoms. The monoisotopic (exact) mass is 408 g/mol. The first-order chi connectivity index (χ1) is 13.4. The summed E-state index contributed by atoms with van der Waals surface area (Å²) in [6.07, 6.45) is 0.918. The summed E-state index contributed by atoms with van der Waals surface area (Å²) >= 11 is 1.37. The maximum atomic E-state index is 13.1. The van der Waals surface area contributed by atoms with Crippen molar-refractivity contribution < 1.29 is 27.9 Å². The number of benzene rings is 1. The van der Waals surface area contributed by atoms with Crippen LogP contribution in [0.25, 0.3) is 0 Å². The molecule has 1 aliphatic heterocycles. The van der Waals surface area contributed by atoms with Crippen LogP contribution in [0.1, 0.15) is 22.5 Å². The Labute approximate surface area is 164 Å². The van der Waals surface area contributed by atoms with Gasteiger partial charge in [-0.1, -0.05) is 6.07 Å². The van der Waals surface area contributed by atoms with Gasteiger partial charge in [-0.25, -0.2) is 8.78 Å². The number of halogens is 2. The van der Waals surface area contributed by atoms with E-state index >= 15 is 0 Å². The van der Waals surface area contributed by atoms with Crippen LogP contribution in [0.2, 0.25) is 0 Å². The van der Waals surface area contributed by atoms with Crippen molar-refractivity contribution in [2.45, 2.75) is 12.8 Å². The third-order valence-electron chi connectivity index (χ3n) is 4.40. The number of hydrogen-bond donors (Lipinski definition) is 1. The van der Waals surface area contributed by atoms with Crippen molar-refractivity contribution in [2.75, 3.05) is 25.0 Å². The van der Waals surface area contributed by atoms with Crippen LogP contribution in [0.4, 0.5) is 14.5 Å². The molecule has 0 bridgehead atoms. The Bertz CT molecular complexity index is 865. The van der Waals surface area contributed by atoms with Crippen LogP contribution in [0.5, 0.6) is 0 Å². The van der Waals surface area contributed by atoms with Crippen LogP contribution < -0.4 is 5.32 Å². The zero-order chi connectivity index (χ0) is 20.1. The van der Waals surface area contributed by atoms with Gasteiger partial charge in [-0.15, -0.1) is 11.3 Å². The van der Waals surface area contributed by atoms with E-state index in [4.69, 9.17) is 4.74 Å². The van der Waals surface area contributed by atoms with Crippen LogP contribution in [-0.2, 0) is 14.3 Å². The number of rotatable bonds is 5. The maximum absolute atomic E-state index is 13.1. The quantitative estimate of drug-likeness (QED) is 0.772. The van der Waals surface area contributed by atoms with E-state index in [1.807, 2.05) is 11.4 Å². The molecule has 3 rings (SSSR count). The van der Waals surface area contributed by atoms with Gasteiger partial charge in [0.05, 0.1) is 10.8 Å². The van der Waals surface area contributed by atoms with E-state index in [-0.39, 0.29) is 17.5 Å². The summed E-state index contributed by atoms with van der Waals surface area (Å²) in [6, 6.07) is 6.52. The molecule has 1 N–H and O–H groups in total. The SMILES string of the molecule is O=C(COC(=O)C1CCN(C(=O)c2cccs2)CC1)Nc1ccc(F)c(F)c1. The Hall–Kier alpha value is -2.81. The van der Waals surface area contributed by atoms with Gasteiger partial charge in [0.25, 0.3) is 11.8 Å². The zero-order valence-electron chi connectivity index (χ0n) is 14.8. The lowest BCUT2D eigenvalue weighted by Gasteiger charge is -2.30. The Morgan fingerprint density at radius 2 is 1.89 bits per heavy atom. The Kier molecular flexibility index (Phi) is 6.35. The number of esters is 1. The number of hydrogen-bond acceptors (Lipinski definition) is 5. The maximum Gasteiger partial charge on any atom is 0.309 e. The van der Waals surface area contributed by atoms with E-state index in [1.165, 1.54) is 17.4 Å². The lowest BCUT2D eigenvalue weighted by Crippen LogP contribution is -2.40. The summed E-state index contributed by atoms with van der Waals surface area (Å²) in [4.78, 5) is 38.6. The van der Waals surface area contributed by atoms with E-state index in [9.17, 15) is 23.2 Å². The van der Waals surface area contributed by atoms with Gasteiger partial charge in [0.2, 0.25) is 0 Å². The molecule has 2 amide bonds. The summed E-state index contributed by atoms with van der Waals surface area (Å²) in [5.41, 5.74) is 0.0698. The minimum atomic E-state index is -1.08. The summed E-state index contributed by atoms with van der Waals surface area (Å²) in [6.45, 7) is 0.362.